The third-order valence-electron chi connectivity index (χ3n) is 4.19. The molecule has 2 aromatic rings. The van der Waals surface area contributed by atoms with Gasteiger partial charge in [-0.1, -0.05) is 24.6 Å². The van der Waals surface area contributed by atoms with Crippen molar-refractivity contribution in [2.75, 3.05) is 18.0 Å². The summed E-state index contributed by atoms with van der Waals surface area (Å²) in [6.07, 6.45) is 4.22. The van der Waals surface area contributed by atoms with E-state index in [2.05, 4.69) is 48.3 Å². The van der Waals surface area contributed by atoms with Gasteiger partial charge in [0.2, 0.25) is 0 Å². The van der Waals surface area contributed by atoms with Gasteiger partial charge in [0, 0.05) is 24.3 Å². The second-order valence-corrected chi connectivity index (χ2v) is 5.81. The fourth-order valence-electron chi connectivity index (χ4n) is 3.06. The van der Waals surface area contributed by atoms with E-state index in [1.165, 1.54) is 35.2 Å². The van der Waals surface area contributed by atoms with Gasteiger partial charge in [0.15, 0.2) is 0 Å². The smallest absolute Gasteiger partial charge is 0.127 e. The number of furan rings is 1. The van der Waals surface area contributed by atoms with Crippen molar-refractivity contribution in [1.82, 2.24) is 5.32 Å². The molecule has 2 heterocycles. The molecule has 3 heteroatoms. The van der Waals surface area contributed by atoms with Gasteiger partial charge in [-0.25, -0.2) is 0 Å². The van der Waals surface area contributed by atoms with Crippen LogP contribution in [0.4, 0.5) is 5.69 Å². The molecule has 0 atom stereocenters. The SMILES string of the molecule is CCNCc1ccoc1CN1CCCc2cc(C)ccc21. The molecule has 0 saturated heterocycles. The van der Waals surface area contributed by atoms with E-state index >= 15 is 0 Å². The van der Waals surface area contributed by atoms with E-state index in [9.17, 15) is 0 Å². The molecule has 0 fully saturated rings. The Morgan fingerprint density at radius 3 is 3.05 bits per heavy atom. The standard InChI is InChI=1S/C18H24N2O/c1-3-19-12-16-8-10-21-18(16)13-20-9-4-5-15-11-14(2)6-7-17(15)20/h6-8,10-11,19H,3-5,9,12-13H2,1-2H3. The highest BCUT2D eigenvalue weighted by molar-refractivity contribution is 5.56. The maximum absolute atomic E-state index is 5.72. The van der Waals surface area contributed by atoms with Crippen molar-refractivity contribution in [3.63, 3.8) is 0 Å². The molecule has 0 bridgehead atoms. The van der Waals surface area contributed by atoms with Crippen molar-refractivity contribution in [1.29, 1.82) is 0 Å². The van der Waals surface area contributed by atoms with Crippen LogP contribution in [-0.4, -0.2) is 13.1 Å². The van der Waals surface area contributed by atoms with Crippen LogP contribution in [0.5, 0.6) is 0 Å². The number of hydrogen-bond donors (Lipinski definition) is 1. The largest absolute Gasteiger partial charge is 0.467 e. The highest BCUT2D eigenvalue weighted by atomic mass is 16.3. The maximum Gasteiger partial charge on any atom is 0.127 e. The van der Waals surface area contributed by atoms with Crippen molar-refractivity contribution < 1.29 is 4.42 Å². The van der Waals surface area contributed by atoms with Crippen LogP contribution in [0.3, 0.4) is 0 Å². The first-order valence-electron chi connectivity index (χ1n) is 7.88. The highest BCUT2D eigenvalue weighted by Crippen LogP contribution is 2.29. The van der Waals surface area contributed by atoms with E-state index in [0.717, 1.165) is 31.9 Å². The highest BCUT2D eigenvalue weighted by Gasteiger charge is 2.19. The molecule has 112 valence electrons. The molecule has 21 heavy (non-hydrogen) atoms. The molecule has 0 saturated carbocycles. The summed E-state index contributed by atoms with van der Waals surface area (Å²) < 4.78 is 5.72. The molecule has 1 aliphatic rings. The Morgan fingerprint density at radius 2 is 2.19 bits per heavy atom. The predicted octanol–water partition coefficient (Wildman–Crippen LogP) is 3.65. The minimum absolute atomic E-state index is 0.865. The van der Waals surface area contributed by atoms with Crippen molar-refractivity contribution in [2.24, 2.45) is 0 Å². The number of nitrogens with zero attached hydrogens (tertiary/aromatic N) is 1. The van der Waals surface area contributed by atoms with Crippen LogP contribution < -0.4 is 10.2 Å². The maximum atomic E-state index is 5.72. The van der Waals surface area contributed by atoms with Crippen molar-refractivity contribution in [2.45, 2.75) is 39.8 Å². The van der Waals surface area contributed by atoms with Gasteiger partial charge in [0.05, 0.1) is 12.8 Å². The van der Waals surface area contributed by atoms with Crippen LogP contribution in [0.1, 0.15) is 35.8 Å². The fraction of sp³-hybridized carbons (Fsp3) is 0.444. The van der Waals surface area contributed by atoms with Gasteiger partial charge in [-0.15, -0.1) is 0 Å². The van der Waals surface area contributed by atoms with Gasteiger partial charge >= 0.3 is 0 Å². The third-order valence-corrected chi connectivity index (χ3v) is 4.19. The second kappa shape index (κ2) is 6.35. The molecule has 0 spiro atoms. The number of benzene rings is 1. The van der Waals surface area contributed by atoms with E-state index < -0.39 is 0 Å². The Bertz CT molecular complexity index is 603. The molecular formula is C18H24N2O. The van der Waals surface area contributed by atoms with E-state index in [1.807, 2.05) is 6.26 Å². The molecule has 1 aromatic heterocycles. The van der Waals surface area contributed by atoms with Crippen molar-refractivity contribution >= 4 is 5.69 Å². The lowest BCUT2D eigenvalue weighted by molar-refractivity contribution is 0.490. The van der Waals surface area contributed by atoms with Crippen LogP contribution in [-0.2, 0) is 19.5 Å². The van der Waals surface area contributed by atoms with Crippen LogP contribution in [0.25, 0.3) is 0 Å². The second-order valence-electron chi connectivity index (χ2n) is 5.81. The Hall–Kier alpha value is -1.74. The summed E-state index contributed by atoms with van der Waals surface area (Å²) in [5, 5.41) is 3.38. The first-order chi connectivity index (χ1) is 10.3. The van der Waals surface area contributed by atoms with Gasteiger partial charge in [0.25, 0.3) is 0 Å². The van der Waals surface area contributed by atoms with Crippen molar-refractivity contribution in [3.8, 4) is 0 Å². The van der Waals surface area contributed by atoms with Crippen LogP contribution in [0.2, 0.25) is 0 Å². The zero-order valence-corrected chi connectivity index (χ0v) is 13.0. The molecule has 3 rings (SSSR count). The Morgan fingerprint density at radius 1 is 1.29 bits per heavy atom. The number of rotatable bonds is 5. The first kappa shape index (κ1) is 14.2. The van der Waals surface area contributed by atoms with Crippen LogP contribution in [0.15, 0.2) is 34.9 Å². The summed E-state index contributed by atoms with van der Waals surface area (Å²) in [4.78, 5) is 2.45. The Balaban J connectivity index is 1.79. The normalized spacial score (nSPS) is 14.3. The summed E-state index contributed by atoms with van der Waals surface area (Å²) in [7, 11) is 0. The minimum Gasteiger partial charge on any atom is -0.467 e. The number of aryl methyl sites for hydroxylation is 2. The van der Waals surface area contributed by atoms with Gasteiger partial charge in [-0.3, -0.25) is 0 Å². The Kier molecular flexibility index (Phi) is 4.30. The molecule has 0 amide bonds. The lowest BCUT2D eigenvalue weighted by Crippen LogP contribution is -2.29. The van der Waals surface area contributed by atoms with Gasteiger partial charge < -0.3 is 14.6 Å². The Labute approximate surface area is 127 Å². The summed E-state index contributed by atoms with van der Waals surface area (Å²) in [6, 6.07) is 8.87. The monoisotopic (exact) mass is 284 g/mol. The van der Waals surface area contributed by atoms with E-state index in [1.54, 1.807) is 0 Å². The molecule has 0 unspecified atom stereocenters. The summed E-state index contributed by atoms with van der Waals surface area (Å²) in [5.41, 5.74) is 5.47. The summed E-state index contributed by atoms with van der Waals surface area (Å²) >= 11 is 0. The lowest BCUT2D eigenvalue weighted by Gasteiger charge is -2.31. The molecule has 0 radical (unpaired) electrons. The molecule has 1 N–H and O–H groups in total. The van der Waals surface area contributed by atoms with Gasteiger partial charge in [-0.05, 0) is 44.0 Å². The zero-order valence-electron chi connectivity index (χ0n) is 13.0. The molecule has 1 aliphatic heterocycles. The average Bonchev–Trinajstić information content (AvgIpc) is 2.92. The fourth-order valence-corrected chi connectivity index (χ4v) is 3.06. The average molecular weight is 284 g/mol. The van der Waals surface area contributed by atoms with E-state index in [-0.39, 0.29) is 0 Å². The summed E-state index contributed by atoms with van der Waals surface area (Å²) in [5.74, 6) is 1.09. The lowest BCUT2D eigenvalue weighted by atomic mass is 9.99. The van der Waals surface area contributed by atoms with Crippen LogP contribution >= 0.6 is 0 Å². The number of nitrogens with one attached hydrogen (secondary N) is 1. The molecular weight excluding hydrogens is 260 g/mol. The van der Waals surface area contributed by atoms with Gasteiger partial charge in [-0.2, -0.15) is 0 Å². The zero-order chi connectivity index (χ0) is 14.7. The van der Waals surface area contributed by atoms with Crippen molar-refractivity contribution in [3.05, 3.63) is 53.0 Å². The minimum atomic E-state index is 0.865. The third kappa shape index (κ3) is 3.13. The topological polar surface area (TPSA) is 28.4 Å². The predicted molar refractivity (Wildman–Crippen MR) is 86.6 cm³/mol. The van der Waals surface area contributed by atoms with Crippen LogP contribution in [0, 0.1) is 6.92 Å². The van der Waals surface area contributed by atoms with E-state index in [0.29, 0.717) is 0 Å². The quantitative estimate of drug-likeness (QED) is 0.908. The number of anilines is 1. The van der Waals surface area contributed by atoms with E-state index in [4.69, 9.17) is 4.42 Å². The summed E-state index contributed by atoms with van der Waals surface area (Å²) in [6.45, 7) is 8.14. The molecule has 1 aromatic carbocycles. The molecule has 0 aliphatic carbocycles. The first-order valence-corrected chi connectivity index (χ1v) is 7.88. The molecule has 3 nitrogen and oxygen atoms in total. The van der Waals surface area contributed by atoms with Gasteiger partial charge in [0.1, 0.15) is 5.76 Å². The number of hydrogen-bond acceptors (Lipinski definition) is 3. The number of fused-ring (bicyclic) bond motifs is 1.